The number of nitrogens with zero attached hydrogens (tertiary/aromatic N) is 2. The molecule has 0 saturated carbocycles. The molecular weight excluding hydrogens is 340 g/mol. The van der Waals surface area contributed by atoms with Crippen LogP contribution in [0.1, 0.15) is 49.5 Å². The summed E-state index contributed by atoms with van der Waals surface area (Å²) in [6, 6.07) is 7.56. The molecule has 0 aliphatic rings. The molecule has 0 aliphatic heterocycles. The summed E-state index contributed by atoms with van der Waals surface area (Å²) >= 11 is 0. The number of benzene rings is 1. The van der Waals surface area contributed by atoms with Gasteiger partial charge in [0, 0.05) is 39.4 Å². The lowest BCUT2D eigenvalue weighted by atomic mass is 9.94. The molecular formula is C21H36N4O2. The van der Waals surface area contributed by atoms with Crippen LogP contribution >= 0.6 is 0 Å². The van der Waals surface area contributed by atoms with E-state index in [1.54, 1.807) is 19.0 Å². The van der Waals surface area contributed by atoms with E-state index in [2.05, 4.69) is 29.5 Å². The Kier molecular flexibility index (Phi) is 10.5. The average Bonchev–Trinajstić information content (AvgIpc) is 2.63. The van der Waals surface area contributed by atoms with Crippen molar-refractivity contribution in [2.24, 2.45) is 16.8 Å². The van der Waals surface area contributed by atoms with Crippen molar-refractivity contribution < 1.29 is 9.90 Å². The van der Waals surface area contributed by atoms with Crippen molar-refractivity contribution in [2.75, 3.05) is 33.8 Å². The zero-order valence-electron chi connectivity index (χ0n) is 17.5. The summed E-state index contributed by atoms with van der Waals surface area (Å²) in [4.78, 5) is 18.2. The Morgan fingerprint density at radius 3 is 2.37 bits per heavy atom. The fourth-order valence-corrected chi connectivity index (χ4v) is 2.92. The van der Waals surface area contributed by atoms with Gasteiger partial charge in [-0.15, -0.1) is 0 Å². The summed E-state index contributed by atoms with van der Waals surface area (Å²) in [6.07, 6.45) is 1.88. The first-order valence-corrected chi connectivity index (χ1v) is 9.81. The number of carbonyl (C=O) groups is 1. The number of aliphatic hydroxyl groups is 1. The quantitative estimate of drug-likeness (QED) is 0.433. The van der Waals surface area contributed by atoms with Crippen LogP contribution in [0, 0.1) is 11.8 Å². The van der Waals surface area contributed by atoms with Gasteiger partial charge in [0.2, 0.25) is 0 Å². The standard InChI is InChI=1S/C21H36N4O2/c1-6-22-21(24-15-18(11-12-26)13-16(2)3)23-14-17-7-9-19(10-8-17)20(27)25(4)5/h7-10,16,18,26H,6,11-15H2,1-5H3,(H2,22,23,24). The summed E-state index contributed by atoms with van der Waals surface area (Å²) in [5.41, 5.74) is 1.73. The van der Waals surface area contributed by atoms with E-state index in [1.165, 1.54) is 0 Å². The Hall–Kier alpha value is -2.08. The summed E-state index contributed by atoms with van der Waals surface area (Å²) in [5.74, 6) is 1.80. The summed E-state index contributed by atoms with van der Waals surface area (Å²) < 4.78 is 0. The van der Waals surface area contributed by atoms with Crippen molar-refractivity contribution >= 4 is 11.9 Å². The van der Waals surface area contributed by atoms with Crippen molar-refractivity contribution in [1.29, 1.82) is 0 Å². The largest absolute Gasteiger partial charge is 0.396 e. The van der Waals surface area contributed by atoms with Crippen LogP contribution in [0.15, 0.2) is 29.3 Å². The molecule has 0 aromatic heterocycles. The Bertz CT molecular complexity index is 582. The topological polar surface area (TPSA) is 77.0 Å². The van der Waals surface area contributed by atoms with Crippen molar-refractivity contribution in [3.05, 3.63) is 35.4 Å². The molecule has 0 heterocycles. The number of carbonyl (C=O) groups excluding carboxylic acids is 1. The van der Waals surface area contributed by atoms with Gasteiger partial charge in [-0.3, -0.25) is 4.79 Å². The summed E-state index contributed by atoms with van der Waals surface area (Å²) in [5, 5.41) is 15.9. The van der Waals surface area contributed by atoms with E-state index in [0.29, 0.717) is 23.9 Å². The molecule has 1 amide bonds. The highest BCUT2D eigenvalue weighted by atomic mass is 16.3. The molecule has 27 heavy (non-hydrogen) atoms. The minimum atomic E-state index is 0.000124. The highest BCUT2D eigenvalue weighted by Crippen LogP contribution is 2.14. The van der Waals surface area contributed by atoms with Gasteiger partial charge >= 0.3 is 0 Å². The van der Waals surface area contributed by atoms with Gasteiger partial charge in [-0.25, -0.2) is 4.99 Å². The normalized spacial score (nSPS) is 12.8. The highest BCUT2D eigenvalue weighted by molar-refractivity contribution is 5.93. The van der Waals surface area contributed by atoms with Gasteiger partial charge in [-0.1, -0.05) is 26.0 Å². The zero-order valence-corrected chi connectivity index (χ0v) is 17.5. The monoisotopic (exact) mass is 376 g/mol. The van der Waals surface area contributed by atoms with E-state index >= 15 is 0 Å². The van der Waals surface area contributed by atoms with Gasteiger partial charge in [-0.05, 0) is 49.3 Å². The van der Waals surface area contributed by atoms with Crippen LogP contribution < -0.4 is 10.6 Å². The van der Waals surface area contributed by atoms with Gasteiger partial charge in [0.15, 0.2) is 5.96 Å². The van der Waals surface area contributed by atoms with Crippen LogP contribution in [0.25, 0.3) is 0 Å². The van der Waals surface area contributed by atoms with Crippen LogP contribution in [0.2, 0.25) is 0 Å². The molecule has 1 rings (SSSR count). The summed E-state index contributed by atoms with van der Waals surface area (Å²) in [7, 11) is 3.50. The molecule has 0 bridgehead atoms. The van der Waals surface area contributed by atoms with Crippen molar-refractivity contribution in [3.8, 4) is 0 Å². The first-order valence-electron chi connectivity index (χ1n) is 9.81. The predicted molar refractivity (Wildman–Crippen MR) is 112 cm³/mol. The number of rotatable bonds is 10. The third-order valence-electron chi connectivity index (χ3n) is 4.27. The van der Waals surface area contributed by atoms with Crippen LogP contribution in [-0.2, 0) is 6.54 Å². The molecule has 3 N–H and O–H groups in total. The molecule has 1 unspecified atom stereocenters. The van der Waals surface area contributed by atoms with Crippen LogP contribution in [0.4, 0.5) is 0 Å². The maximum Gasteiger partial charge on any atom is 0.253 e. The minimum Gasteiger partial charge on any atom is -0.396 e. The SMILES string of the molecule is CCNC(=NCc1ccc(C(=O)N(C)C)cc1)NCC(CCO)CC(C)C. The molecule has 1 aromatic carbocycles. The smallest absolute Gasteiger partial charge is 0.253 e. The third-order valence-corrected chi connectivity index (χ3v) is 4.27. The van der Waals surface area contributed by atoms with Crippen molar-refractivity contribution in [1.82, 2.24) is 15.5 Å². The van der Waals surface area contributed by atoms with E-state index in [0.717, 1.165) is 37.5 Å². The van der Waals surface area contributed by atoms with Crippen LogP contribution in [0.5, 0.6) is 0 Å². The number of guanidine groups is 1. The highest BCUT2D eigenvalue weighted by Gasteiger charge is 2.11. The zero-order chi connectivity index (χ0) is 20.2. The second-order valence-electron chi connectivity index (χ2n) is 7.48. The lowest BCUT2D eigenvalue weighted by Gasteiger charge is -2.20. The van der Waals surface area contributed by atoms with Gasteiger partial charge in [0.1, 0.15) is 0 Å². The molecule has 0 aliphatic carbocycles. The Balaban J connectivity index is 2.68. The van der Waals surface area contributed by atoms with Gasteiger partial charge in [0.05, 0.1) is 6.54 Å². The third kappa shape index (κ3) is 8.91. The molecule has 0 fully saturated rings. The molecule has 0 spiro atoms. The number of hydrogen-bond donors (Lipinski definition) is 3. The lowest BCUT2D eigenvalue weighted by Crippen LogP contribution is -2.40. The van der Waals surface area contributed by atoms with E-state index in [-0.39, 0.29) is 12.5 Å². The van der Waals surface area contributed by atoms with Crippen molar-refractivity contribution in [3.63, 3.8) is 0 Å². The van der Waals surface area contributed by atoms with E-state index in [1.807, 2.05) is 31.2 Å². The average molecular weight is 377 g/mol. The molecule has 152 valence electrons. The lowest BCUT2D eigenvalue weighted by molar-refractivity contribution is 0.0827. The number of amides is 1. The van der Waals surface area contributed by atoms with E-state index in [9.17, 15) is 9.90 Å². The first-order chi connectivity index (χ1) is 12.9. The molecule has 0 radical (unpaired) electrons. The number of aliphatic imine (C=N–C) groups is 1. The minimum absolute atomic E-state index is 0.000124. The van der Waals surface area contributed by atoms with Crippen LogP contribution in [0.3, 0.4) is 0 Å². The van der Waals surface area contributed by atoms with Crippen molar-refractivity contribution in [2.45, 2.75) is 40.2 Å². The van der Waals surface area contributed by atoms with Gasteiger partial charge in [0.25, 0.3) is 5.91 Å². The summed E-state index contributed by atoms with van der Waals surface area (Å²) in [6.45, 7) is 8.78. The van der Waals surface area contributed by atoms with Crippen LogP contribution in [-0.4, -0.2) is 55.7 Å². The molecule has 6 heteroatoms. The second-order valence-corrected chi connectivity index (χ2v) is 7.48. The van der Waals surface area contributed by atoms with Gasteiger partial charge < -0.3 is 20.6 Å². The number of nitrogens with one attached hydrogen (secondary N) is 2. The maximum atomic E-state index is 11.9. The predicted octanol–water partition coefficient (Wildman–Crippen LogP) is 2.49. The molecule has 0 saturated heterocycles. The first kappa shape index (κ1) is 23.0. The van der Waals surface area contributed by atoms with E-state index in [4.69, 9.17) is 0 Å². The van der Waals surface area contributed by atoms with Gasteiger partial charge in [-0.2, -0.15) is 0 Å². The maximum absolute atomic E-state index is 11.9. The Morgan fingerprint density at radius 1 is 1.19 bits per heavy atom. The number of hydrogen-bond acceptors (Lipinski definition) is 3. The van der Waals surface area contributed by atoms with E-state index < -0.39 is 0 Å². The fraction of sp³-hybridized carbons (Fsp3) is 0.619. The molecule has 6 nitrogen and oxygen atoms in total. The second kappa shape index (κ2) is 12.3. The Morgan fingerprint density at radius 2 is 1.85 bits per heavy atom. The fourth-order valence-electron chi connectivity index (χ4n) is 2.92. The molecule has 1 atom stereocenters. The Labute approximate surface area is 164 Å². The number of aliphatic hydroxyl groups excluding tert-OH is 1. The molecule has 1 aromatic rings.